The number of carbonyl (C=O) groups is 1. The monoisotopic (exact) mass is 778 g/mol. The molecule has 1 aliphatic carbocycles. The van der Waals surface area contributed by atoms with E-state index in [1.54, 1.807) is 24.3 Å². The van der Waals surface area contributed by atoms with Crippen molar-refractivity contribution in [3.05, 3.63) is 145 Å². The van der Waals surface area contributed by atoms with Gasteiger partial charge in [0.25, 0.3) is 0 Å². The van der Waals surface area contributed by atoms with Crippen LogP contribution in [0.1, 0.15) is 58.3 Å². The van der Waals surface area contributed by atoms with E-state index in [-0.39, 0.29) is 51.4 Å². The van der Waals surface area contributed by atoms with Gasteiger partial charge in [-0.25, -0.2) is 4.79 Å². The molecule has 3 heterocycles. The highest BCUT2D eigenvalue weighted by Crippen LogP contribution is 2.48. The molecule has 0 saturated carbocycles. The molecule has 0 bridgehead atoms. The van der Waals surface area contributed by atoms with E-state index in [1.807, 2.05) is 60.7 Å². The summed E-state index contributed by atoms with van der Waals surface area (Å²) in [5.74, 6) is -1.11. The van der Waals surface area contributed by atoms with E-state index in [9.17, 15) is 30.0 Å². The summed E-state index contributed by atoms with van der Waals surface area (Å²) < 4.78 is 6.77. The van der Waals surface area contributed by atoms with Gasteiger partial charge in [0.1, 0.15) is 17.1 Å². The quantitative estimate of drug-likeness (QED) is 0.113. The van der Waals surface area contributed by atoms with Crippen molar-refractivity contribution in [2.45, 2.75) is 50.0 Å². The van der Waals surface area contributed by atoms with Crippen molar-refractivity contribution < 1.29 is 29.6 Å². The number of phenols is 1. The van der Waals surface area contributed by atoms with Gasteiger partial charge in [-0.2, -0.15) is 0 Å². The number of likely N-dealkylation sites (tertiary alicyclic amines) is 2. The SMILES string of the molecule is O=C(O)c1ccccc1-c1c2cc(Cl)c(=O)c(CN3CCC(O)(c4ccccc4)CC3)c-2oc2c(CN3CCC(O)(c4ccccc4)CC3)c(O)c(Cl)cc12. The molecular formula is C44H40Cl2N2O7. The predicted molar refractivity (Wildman–Crippen MR) is 213 cm³/mol. The van der Waals surface area contributed by atoms with E-state index >= 15 is 0 Å². The highest BCUT2D eigenvalue weighted by molar-refractivity contribution is 6.33. The van der Waals surface area contributed by atoms with Crippen LogP contribution < -0.4 is 5.43 Å². The first-order chi connectivity index (χ1) is 26.5. The zero-order valence-corrected chi connectivity index (χ0v) is 31.5. The van der Waals surface area contributed by atoms with E-state index in [1.165, 1.54) is 12.1 Å². The minimum absolute atomic E-state index is 0.0263. The number of hydrogen-bond acceptors (Lipinski definition) is 8. The molecule has 0 aromatic heterocycles. The Balaban J connectivity index is 1.25. The molecule has 4 aromatic carbocycles. The zero-order chi connectivity index (χ0) is 38.5. The molecule has 4 N–H and O–H groups in total. The van der Waals surface area contributed by atoms with Gasteiger partial charge in [0.15, 0.2) is 0 Å². The van der Waals surface area contributed by atoms with Gasteiger partial charge < -0.3 is 24.8 Å². The summed E-state index contributed by atoms with van der Waals surface area (Å²) >= 11 is 13.5. The minimum atomic E-state index is -1.15. The molecule has 0 spiro atoms. The van der Waals surface area contributed by atoms with E-state index in [4.69, 9.17) is 27.6 Å². The molecule has 4 aliphatic rings. The van der Waals surface area contributed by atoms with Gasteiger partial charge >= 0.3 is 5.97 Å². The summed E-state index contributed by atoms with van der Waals surface area (Å²) in [5, 5.41) is 45.4. The maximum absolute atomic E-state index is 14.0. The average Bonchev–Trinajstić information content (AvgIpc) is 3.20. The topological polar surface area (TPSA) is 135 Å². The molecule has 282 valence electrons. The normalized spacial score (nSPS) is 17.5. The fourth-order valence-electron chi connectivity index (χ4n) is 8.35. The van der Waals surface area contributed by atoms with E-state index in [0.29, 0.717) is 79.5 Å². The minimum Gasteiger partial charge on any atom is -0.506 e. The molecule has 3 aliphatic heterocycles. The van der Waals surface area contributed by atoms with Crippen LogP contribution in [0.15, 0.2) is 106 Å². The van der Waals surface area contributed by atoms with Crippen LogP contribution >= 0.6 is 23.2 Å². The molecule has 0 amide bonds. The Morgan fingerprint density at radius 1 is 0.691 bits per heavy atom. The van der Waals surface area contributed by atoms with Crippen LogP contribution in [0, 0.1) is 0 Å². The van der Waals surface area contributed by atoms with Gasteiger partial charge in [-0.1, -0.05) is 102 Å². The van der Waals surface area contributed by atoms with E-state index in [2.05, 4.69) is 9.80 Å². The Hall–Kier alpha value is -4.74. The van der Waals surface area contributed by atoms with Gasteiger partial charge in [-0.15, -0.1) is 0 Å². The molecule has 0 radical (unpaired) electrons. The average molecular weight is 780 g/mol. The number of fused-ring (bicyclic) bond motifs is 2. The summed E-state index contributed by atoms with van der Waals surface area (Å²) in [4.78, 5) is 30.8. The molecular weight excluding hydrogens is 739 g/mol. The molecule has 11 heteroatoms. The van der Waals surface area contributed by atoms with Crippen molar-refractivity contribution in [1.82, 2.24) is 9.80 Å². The van der Waals surface area contributed by atoms with Gasteiger partial charge in [0.2, 0.25) is 5.43 Å². The second-order valence-electron chi connectivity index (χ2n) is 14.8. The lowest BCUT2D eigenvalue weighted by atomic mass is 9.84. The summed E-state index contributed by atoms with van der Waals surface area (Å²) in [7, 11) is 0. The van der Waals surface area contributed by atoms with E-state index < -0.39 is 22.6 Å². The maximum atomic E-state index is 14.0. The highest BCUT2D eigenvalue weighted by atomic mass is 35.5. The molecule has 8 rings (SSSR count). The van der Waals surface area contributed by atoms with Crippen molar-refractivity contribution in [3.63, 3.8) is 0 Å². The molecule has 0 atom stereocenters. The first-order valence-corrected chi connectivity index (χ1v) is 19.2. The third-order valence-corrected chi connectivity index (χ3v) is 12.1. The van der Waals surface area contributed by atoms with Crippen LogP contribution in [-0.4, -0.2) is 62.4 Å². The van der Waals surface area contributed by atoms with Gasteiger partial charge in [0, 0.05) is 55.8 Å². The highest BCUT2D eigenvalue weighted by Gasteiger charge is 2.37. The number of carboxylic acid groups (broad SMARTS) is 1. The Morgan fingerprint density at radius 3 is 1.75 bits per heavy atom. The summed E-state index contributed by atoms with van der Waals surface area (Å²) in [6, 6.07) is 28.8. The van der Waals surface area contributed by atoms with E-state index in [0.717, 1.165) is 11.1 Å². The van der Waals surface area contributed by atoms with Crippen LogP contribution in [0.2, 0.25) is 10.0 Å². The lowest BCUT2D eigenvalue weighted by molar-refractivity contribution is -0.0280. The van der Waals surface area contributed by atoms with Crippen LogP contribution in [0.25, 0.3) is 33.4 Å². The van der Waals surface area contributed by atoms with Gasteiger partial charge in [-0.05, 0) is 60.6 Å². The number of benzene rings is 5. The Bertz CT molecular complexity index is 2420. The largest absolute Gasteiger partial charge is 0.506 e. The third-order valence-electron chi connectivity index (χ3n) is 11.5. The van der Waals surface area contributed by atoms with Crippen LogP contribution in [-0.2, 0) is 24.3 Å². The number of rotatable bonds is 8. The van der Waals surface area contributed by atoms with Crippen molar-refractivity contribution in [1.29, 1.82) is 0 Å². The number of halogens is 2. The number of carboxylic acids is 1. The molecule has 55 heavy (non-hydrogen) atoms. The van der Waals surface area contributed by atoms with Crippen LogP contribution in [0.5, 0.6) is 5.75 Å². The number of aromatic carboxylic acids is 1. The second-order valence-corrected chi connectivity index (χ2v) is 15.6. The molecule has 2 saturated heterocycles. The van der Waals surface area contributed by atoms with Crippen molar-refractivity contribution in [3.8, 4) is 28.2 Å². The van der Waals surface area contributed by atoms with Crippen molar-refractivity contribution in [2.24, 2.45) is 0 Å². The molecule has 2 fully saturated rings. The molecule has 9 nitrogen and oxygen atoms in total. The standard InChI is InChI=1S/C44H40Cl2N2O7/c45-35-23-31-37(29-13-7-8-14-30(29)42(51)52)32-24-36(46)39(50)34(26-48-21-17-44(54,18-22-48)28-11-5-2-6-12-28)41(32)55-40(31)33(38(35)49)25-47-19-15-43(53,16-20-47)27-9-3-1-4-10-27/h1-14,23-24,49,53-54H,15-22,25-26H2,(H,51,52). The first-order valence-electron chi connectivity index (χ1n) is 18.4. The summed E-state index contributed by atoms with van der Waals surface area (Å²) in [6.07, 6.45) is 1.83. The molecule has 4 aromatic rings. The number of aromatic hydroxyl groups is 1. The van der Waals surface area contributed by atoms with Crippen LogP contribution in [0.3, 0.4) is 0 Å². The molecule has 0 unspecified atom stereocenters. The third kappa shape index (κ3) is 6.90. The summed E-state index contributed by atoms with van der Waals surface area (Å²) in [5.41, 5.74) is 1.48. The van der Waals surface area contributed by atoms with Crippen LogP contribution in [0.4, 0.5) is 0 Å². The first kappa shape index (κ1) is 37.2. The predicted octanol–water partition coefficient (Wildman–Crippen LogP) is 8.24. The maximum Gasteiger partial charge on any atom is 0.336 e. The second kappa shape index (κ2) is 14.7. The Labute approximate surface area is 327 Å². The lowest BCUT2D eigenvalue weighted by Crippen LogP contribution is -2.42. The summed E-state index contributed by atoms with van der Waals surface area (Å²) in [6.45, 7) is 2.38. The van der Waals surface area contributed by atoms with Gasteiger partial charge in [0.05, 0.1) is 37.9 Å². The zero-order valence-electron chi connectivity index (χ0n) is 30.0. The Morgan fingerprint density at radius 2 is 1.20 bits per heavy atom. The van der Waals surface area contributed by atoms with Crippen molar-refractivity contribution >= 4 is 40.1 Å². The number of phenolic OH excluding ortho intramolecular Hbond substituents is 1. The lowest BCUT2D eigenvalue weighted by Gasteiger charge is -2.39. The fourth-order valence-corrected chi connectivity index (χ4v) is 8.79. The van der Waals surface area contributed by atoms with Gasteiger partial charge in [-0.3, -0.25) is 14.6 Å². The fraction of sp³-hybridized carbons (Fsp3) is 0.273. The Kier molecular flexibility index (Phi) is 9.96. The number of piperidine rings is 2. The smallest absolute Gasteiger partial charge is 0.336 e. The number of nitrogens with zero attached hydrogens (tertiary/aromatic N) is 2. The number of aliphatic hydroxyl groups is 2. The number of hydrogen-bond donors (Lipinski definition) is 4. The van der Waals surface area contributed by atoms with Crippen molar-refractivity contribution in [2.75, 3.05) is 26.2 Å².